The summed E-state index contributed by atoms with van der Waals surface area (Å²) in [5, 5.41) is 9.70. The Kier molecular flexibility index (Phi) is 5.51. The van der Waals surface area contributed by atoms with Crippen molar-refractivity contribution in [1.29, 1.82) is 5.26 Å². The van der Waals surface area contributed by atoms with Gasteiger partial charge in [0.25, 0.3) is 0 Å². The van der Waals surface area contributed by atoms with Gasteiger partial charge in [-0.05, 0) is 35.1 Å². The Bertz CT molecular complexity index is 807. The second-order valence-electron chi connectivity index (χ2n) is 6.83. The van der Waals surface area contributed by atoms with Crippen LogP contribution in [0.3, 0.4) is 0 Å². The molecule has 1 aliphatic carbocycles. The van der Waals surface area contributed by atoms with Crippen molar-refractivity contribution >= 4 is 5.57 Å². The lowest BCUT2D eigenvalue weighted by atomic mass is 9.76. The number of nitrogens with zero attached hydrogens (tertiary/aromatic N) is 1. The van der Waals surface area contributed by atoms with Crippen molar-refractivity contribution in [3.8, 4) is 17.2 Å². The maximum Gasteiger partial charge on any atom is 0.0791 e. The van der Waals surface area contributed by atoms with Crippen molar-refractivity contribution in [3.05, 3.63) is 78.4 Å². The van der Waals surface area contributed by atoms with Crippen LogP contribution in [0.1, 0.15) is 44.6 Å². The largest absolute Gasteiger partial charge is 0.197 e. The second kappa shape index (κ2) is 7.99. The minimum absolute atomic E-state index is 0.319. The lowest BCUT2D eigenvalue weighted by Crippen LogP contribution is -2.17. The number of hydrogen-bond acceptors (Lipinski definition) is 1. The molecule has 0 aromatic heterocycles. The van der Waals surface area contributed by atoms with E-state index in [2.05, 4.69) is 79.8 Å². The van der Waals surface area contributed by atoms with Gasteiger partial charge in [0.1, 0.15) is 0 Å². The molecule has 0 saturated heterocycles. The van der Waals surface area contributed by atoms with Gasteiger partial charge in [-0.2, -0.15) is 5.26 Å². The fourth-order valence-corrected chi connectivity index (χ4v) is 3.50. The van der Waals surface area contributed by atoms with Crippen molar-refractivity contribution in [1.82, 2.24) is 0 Å². The highest BCUT2D eigenvalue weighted by Crippen LogP contribution is 2.39. The minimum atomic E-state index is -0.319. The fraction of sp³-hybridized carbons (Fsp3) is 0.292. The zero-order valence-electron chi connectivity index (χ0n) is 14.9. The lowest BCUT2D eigenvalue weighted by Gasteiger charge is -2.25. The molecule has 25 heavy (non-hydrogen) atoms. The highest BCUT2D eigenvalue weighted by atomic mass is 14.4. The quantitative estimate of drug-likeness (QED) is 0.536. The normalized spacial score (nSPS) is 19.3. The Hall–Kier alpha value is -2.59. The first-order chi connectivity index (χ1) is 12.3. The van der Waals surface area contributed by atoms with E-state index in [4.69, 9.17) is 0 Å². The van der Waals surface area contributed by atoms with Gasteiger partial charge < -0.3 is 0 Å². The van der Waals surface area contributed by atoms with E-state index in [1.807, 2.05) is 6.07 Å². The molecule has 0 spiro atoms. The van der Waals surface area contributed by atoms with Crippen molar-refractivity contribution in [2.45, 2.75) is 39.0 Å². The molecule has 0 aliphatic heterocycles. The lowest BCUT2D eigenvalue weighted by molar-refractivity contribution is 0.439. The molecular formula is C24H25N. The van der Waals surface area contributed by atoms with E-state index < -0.39 is 0 Å². The number of rotatable bonds is 6. The van der Waals surface area contributed by atoms with Gasteiger partial charge >= 0.3 is 0 Å². The Labute approximate surface area is 151 Å². The van der Waals surface area contributed by atoms with Gasteiger partial charge in [0.15, 0.2) is 0 Å². The predicted octanol–water partition coefficient (Wildman–Crippen LogP) is 6.79. The molecular weight excluding hydrogens is 302 g/mol. The first-order valence-corrected chi connectivity index (χ1v) is 9.23. The zero-order valence-corrected chi connectivity index (χ0v) is 14.9. The van der Waals surface area contributed by atoms with Gasteiger partial charge in [-0.1, -0.05) is 99.0 Å². The Morgan fingerprint density at radius 1 is 0.960 bits per heavy atom. The summed E-state index contributed by atoms with van der Waals surface area (Å²) >= 11 is 0. The minimum Gasteiger partial charge on any atom is -0.197 e. The Balaban J connectivity index is 1.86. The van der Waals surface area contributed by atoms with Crippen LogP contribution in [0.25, 0.3) is 16.7 Å². The SMILES string of the molecule is CCCCCC1(C#N)C=CC(c2ccccc2-c2ccccc2)=CC1. The summed E-state index contributed by atoms with van der Waals surface area (Å²) in [5.74, 6) is 0. The van der Waals surface area contributed by atoms with Gasteiger partial charge in [-0.15, -0.1) is 0 Å². The van der Waals surface area contributed by atoms with Crippen molar-refractivity contribution in [3.63, 3.8) is 0 Å². The highest BCUT2D eigenvalue weighted by Gasteiger charge is 2.28. The molecule has 0 N–H and O–H groups in total. The highest BCUT2D eigenvalue weighted by molar-refractivity contribution is 5.86. The number of allylic oxidation sites excluding steroid dienone is 4. The molecule has 2 aromatic carbocycles. The summed E-state index contributed by atoms with van der Waals surface area (Å²) in [4.78, 5) is 0. The van der Waals surface area contributed by atoms with E-state index >= 15 is 0 Å². The molecule has 1 atom stereocenters. The molecule has 0 fully saturated rings. The Morgan fingerprint density at radius 2 is 1.68 bits per heavy atom. The third kappa shape index (κ3) is 3.91. The van der Waals surface area contributed by atoms with Crippen molar-refractivity contribution in [2.24, 2.45) is 5.41 Å². The monoisotopic (exact) mass is 327 g/mol. The van der Waals surface area contributed by atoms with Crippen LogP contribution >= 0.6 is 0 Å². The summed E-state index contributed by atoms with van der Waals surface area (Å²) in [7, 11) is 0. The summed E-state index contributed by atoms with van der Waals surface area (Å²) in [6, 6.07) is 21.6. The molecule has 1 nitrogen and oxygen atoms in total. The van der Waals surface area contributed by atoms with Gasteiger partial charge in [0, 0.05) is 0 Å². The summed E-state index contributed by atoms with van der Waals surface area (Å²) < 4.78 is 0. The average molecular weight is 327 g/mol. The van der Waals surface area contributed by atoms with E-state index in [0.717, 1.165) is 19.3 Å². The third-order valence-electron chi connectivity index (χ3n) is 5.04. The predicted molar refractivity (Wildman–Crippen MR) is 106 cm³/mol. The van der Waals surface area contributed by atoms with Gasteiger partial charge in [0.05, 0.1) is 11.5 Å². The van der Waals surface area contributed by atoms with Crippen LogP contribution in [-0.4, -0.2) is 0 Å². The van der Waals surface area contributed by atoms with E-state index in [1.165, 1.54) is 35.1 Å². The standard InChI is InChI=1S/C24H25N/c1-2-3-9-16-24(19-25)17-14-21(15-18-24)23-13-8-7-12-22(23)20-10-5-4-6-11-20/h4-8,10-15,17H,2-3,9,16,18H2,1H3. The topological polar surface area (TPSA) is 23.8 Å². The van der Waals surface area contributed by atoms with Crippen LogP contribution in [0.5, 0.6) is 0 Å². The molecule has 1 heteroatoms. The molecule has 1 unspecified atom stereocenters. The van der Waals surface area contributed by atoms with Crippen LogP contribution in [0.4, 0.5) is 0 Å². The maximum atomic E-state index is 9.70. The number of unbranched alkanes of at least 4 members (excludes halogenated alkanes) is 2. The van der Waals surface area contributed by atoms with Crippen LogP contribution < -0.4 is 0 Å². The summed E-state index contributed by atoms with van der Waals surface area (Å²) in [6.45, 7) is 2.20. The van der Waals surface area contributed by atoms with E-state index in [-0.39, 0.29) is 5.41 Å². The number of benzene rings is 2. The fourth-order valence-electron chi connectivity index (χ4n) is 3.50. The van der Waals surface area contributed by atoms with Gasteiger partial charge in [0.2, 0.25) is 0 Å². The molecule has 0 saturated carbocycles. The molecule has 2 aromatic rings. The van der Waals surface area contributed by atoms with E-state index in [9.17, 15) is 5.26 Å². The molecule has 3 rings (SSSR count). The van der Waals surface area contributed by atoms with Crippen LogP contribution in [0.15, 0.2) is 72.8 Å². The van der Waals surface area contributed by atoms with Crippen LogP contribution in [-0.2, 0) is 0 Å². The van der Waals surface area contributed by atoms with Gasteiger partial charge in [-0.25, -0.2) is 0 Å². The first-order valence-electron chi connectivity index (χ1n) is 9.23. The molecule has 126 valence electrons. The average Bonchev–Trinajstić information content (AvgIpc) is 2.69. The third-order valence-corrected chi connectivity index (χ3v) is 5.04. The van der Waals surface area contributed by atoms with Crippen LogP contribution in [0, 0.1) is 16.7 Å². The second-order valence-corrected chi connectivity index (χ2v) is 6.83. The van der Waals surface area contributed by atoms with E-state index in [0.29, 0.717) is 0 Å². The number of hydrogen-bond donors (Lipinski definition) is 0. The maximum absolute atomic E-state index is 9.70. The molecule has 0 radical (unpaired) electrons. The van der Waals surface area contributed by atoms with E-state index in [1.54, 1.807) is 0 Å². The van der Waals surface area contributed by atoms with Crippen molar-refractivity contribution < 1.29 is 0 Å². The smallest absolute Gasteiger partial charge is 0.0791 e. The first kappa shape index (κ1) is 17.2. The van der Waals surface area contributed by atoms with Crippen molar-refractivity contribution in [2.75, 3.05) is 0 Å². The van der Waals surface area contributed by atoms with Gasteiger partial charge in [-0.3, -0.25) is 0 Å². The Morgan fingerprint density at radius 3 is 2.32 bits per heavy atom. The zero-order chi connectivity index (χ0) is 17.5. The van der Waals surface area contributed by atoms with Crippen LogP contribution in [0.2, 0.25) is 0 Å². The summed E-state index contributed by atoms with van der Waals surface area (Å²) in [5.41, 5.74) is 4.62. The molecule has 0 bridgehead atoms. The summed E-state index contributed by atoms with van der Waals surface area (Å²) in [6.07, 6.45) is 11.8. The molecule has 0 amide bonds. The molecule has 0 heterocycles. The molecule has 1 aliphatic rings. The number of nitriles is 1.